The minimum absolute atomic E-state index is 0.0752. The van der Waals surface area contributed by atoms with E-state index in [-0.39, 0.29) is 11.0 Å². The summed E-state index contributed by atoms with van der Waals surface area (Å²) in [5, 5.41) is 5.07. The second kappa shape index (κ2) is 8.46. The van der Waals surface area contributed by atoms with Crippen LogP contribution < -0.4 is 5.56 Å². The van der Waals surface area contributed by atoms with Crippen molar-refractivity contribution in [3.8, 4) is 0 Å². The number of para-hydroxylation sites is 2. The summed E-state index contributed by atoms with van der Waals surface area (Å²) in [7, 11) is 1.60. The highest BCUT2D eigenvalue weighted by atomic mass is 16.5. The Balaban J connectivity index is 1.71. The number of fused-ring (bicyclic) bond motifs is 4. The van der Waals surface area contributed by atoms with Gasteiger partial charge in [-0.05, 0) is 28.7 Å². The van der Waals surface area contributed by atoms with Crippen molar-refractivity contribution >= 4 is 39.4 Å². The normalized spacial score (nSPS) is 12.5. The molecular weight excluding hydrogens is 428 g/mol. The Morgan fingerprint density at radius 1 is 1.00 bits per heavy atom. The average molecular weight is 455 g/mol. The average Bonchev–Trinajstić information content (AvgIpc) is 3.13. The Bertz CT molecular complexity index is 1590. The van der Waals surface area contributed by atoms with Crippen LogP contribution in [0.1, 0.15) is 31.9 Å². The number of aromatic nitrogens is 5. The van der Waals surface area contributed by atoms with Gasteiger partial charge in [-0.2, -0.15) is 9.78 Å². The Morgan fingerprint density at radius 2 is 1.71 bits per heavy atom. The molecule has 0 saturated carbocycles. The van der Waals surface area contributed by atoms with Crippen LogP contribution in [0.4, 0.5) is 0 Å². The molecule has 0 aliphatic heterocycles. The largest absolute Gasteiger partial charge is 0.383 e. The van der Waals surface area contributed by atoms with Crippen LogP contribution in [0.25, 0.3) is 33.2 Å². The van der Waals surface area contributed by atoms with Gasteiger partial charge in [-0.15, -0.1) is 0 Å². The molecule has 8 nitrogen and oxygen atoms in total. The van der Waals surface area contributed by atoms with Crippen molar-refractivity contribution in [3.63, 3.8) is 0 Å². The zero-order valence-corrected chi connectivity index (χ0v) is 19.7. The lowest BCUT2D eigenvalue weighted by Gasteiger charge is -2.18. The summed E-state index contributed by atoms with van der Waals surface area (Å²) in [6, 6.07) is 15.9. The Hall–Kier alpha value is -3.91. The second-order valence-electron chi connectivity index (χ2n) is 9.25. The molecule has 0 radical (unpaired) electrons. The van der Waals surface area contributed by atoms with Gasteiger partial charge >= 0.3 is 0 Å². The number of nitrogens with zero attached hydrogens (tertiary/aromatic N) is 6. The summed E-state index contributed by atoms with van der Waals surface area (Å²) < 4.78 is 8.27. The van der Waals surface area contributed by atoms with E-state index in [0.29, 0.717) is 40.9 Å². The standard InChI is InChI=1S/C26H26N6O2/c1-26(2,3)18-11-9-17(10-12-18)15-28-32-23-21(25(33)31(16-27-23)13-14-34-4)22-24(32)30-20-8-6-5-7-19(20)29-22/h5-12,15-16H,13-14H2,1-4H3. The van der Waals surface area contributed by atoms with Crippen LogP contribution >= 0.6 is 0 Å². The molecule has 0 spiro atoms. The molecule has 0 saturated heterocycles. The van der Waals surface area contributed by atoms with Crippen molar-refractivity contribution < 1.29 is 4.74 Å². The van der Waals surface area contributed by atoms with Gasteiger partial charge in [0, 0.05) is 7.11 Å². The molecule has 34 heavy (non-hydrogen) atoms. The maximum Gasteiger partial charge on any atom is 0.265 e. The Labute approximate surface area is 196 Å². The van der Waals surface area contributed by atoms with Crippen molar-refractivity contribution in [2.75, 3.05) is 13.7 Å². The molecule has 8 heteroatoms. The molecule has 0 amide bonds. The van der Waals surface area contributed by atoms with Crippen LogP contribution in [0.15, 0.2) is 64.8 Å². The highest BCUT2D eigenvalue weighted by Gasteiger charge is 2.19. The van der Waals surface area contributed by atoms with Gasteiger partial charge < -0.3 is 4.74 Å². The first-order chi connectivity index (χ1) is 16.4. The number of benzene rings is 2. The molecule has 5 aromatic rings. The molecule has 0 bridgehead atoms. The molecule has 0 fully saturated rings. The third-order valence-electron chi connectivity index (χ3n) is 5.84. The Kier molecular flexibility index (Phi) is 5.45. The van der Waals surface area contributed by atoms with E-state index in [1.807, 2.05) is 36.4 Å². The predicted octanol–water partition coefficient (Wildman–Crippen LogP) is 4.12. The third-order valence-corrected chi connectivity index (χ3v) is 5.84. The fourth-order valence-corrected chi connectivity index (χ4v) is 3.91. The highest BCUT2D eigenvalue weighted by Crippen LogP contribution is 2.25. The monoisotopic (exact) mass is 454 g/mol. The first kappa shape index (κ1) is 21.9. The fraction of sp³-hybridized carbons (Fsp3) is 0.269. The van der Waals surface area contributed by atoms with Crippen molar-refractivity contribution in [1.82, 2.24) is 24.2 Å². The topological polar surface area (TPSA) is 87.2 Å². The summed E-state index contributed by atoms with van der Waals surface area (Å²) in [5.41, 5.74) is 4.90. The molecule has 5 rings (SSSR count). The summed E-state index contributed by atoms with van der Waals surface area (Å²) in [5.74, 6) is 0. The van der Waals surface area contributed by atoms with Gasteiger partial charge in [-0.3, -0.25) is 9.36 Å². The van der Waals surface area contributed by atoms with Gasteiger partial charge in [-0.25, -0.2) is 15.0 Å². The number of rotatable bonds is 5. The summed E-state index contributed by atoms with van der Waals surface area (Å²) in [6.07, 6.45) is 3.27. The maximum atomic E-state index is 13.3. The first-order valence-corrected chi connectivity index (χ1v) is 11.2. The van der Waals surface area contributed by atoms with E-state index in [1.54, 1.807) is 18.0 Å². The van der Waals surface area contributed by atoms with E-state index in [9.17, 15) is 4.79 Å². The minimum atomic E-state index is -0.194. The van der Waals surface area contributed by atoms with Crippen LogP contribution in [0, 0.1) is 0 Å². The van der Waals surface area contributed by atoms with E-state index in [1.165, 1.54) is 16.5 Å². The molecule has 172 valence electrons. The zero-order chi connectivity index (χ0) is 23.9. The van der Waals surface area contributed by atoms with Crippen molar-refractivity contribution in [2.45, 2.75) is 32.7 Å². The van der Waals surface area contributed by atoms with Crippen LogP contribution in [0.5, 0.6) is 0 Å². The van der Waals surface area contributed by atoms with Gasteiger partial charge in [0.15, 0.2) is 11.3 Å². The molecule has 3 heterocycles. The molecule has 0 unspecified atom stereocenters. The predicted molar refractivity (Wildman–Crippen MR) is 135 cm³/mol. The Morgan fingerprint density at radius 3 is 2.38 bits per heavy atom. The SMILES string of the molecule is COCCn1cnc2c(c1=O)c1nc3ccccc3nc1n2N=Cc1ccc(C(C)(C)C)cc1. The van der Waals surface area contributed by atoms with Crippen LogP contribution in [0.2, 0.25) is 0 Å². The third kappa shape index (κ3) is 3.86. The van der Waals surface area contributed by atoms with Crippen molar-refractivity contribution in [3.05, 3.63) is 76.3 Å². The first-order valence-electron chi connectivity index (χ1n) is 11.2. The van der Waals surface area contributed by atoms with Crippen LogP contribution in [-0.2, 0) is 16.7 Å². The molecule has 0 atom stereocenters. The number of hydrogen-bond donors (Lipinski definition) is 0. The zero-order valence-electron chi connectivity index (χ0n) is 19.7. The number of hydrogen-bond acceptors (Lipinski definition) is 6. The summed E-state index contributed by atoms with van der Waals surface area (Å²) in [4.78, 5) is 27.4. The second-order valence-corrected chi connectivity index (χ2v) is 9.25. The van der Waals surface area contributed by atoms with E-state index in [0.717, 1.165) is 11.1 Å². The number of methoxy groups -OCH3 is 1. The minimum Gasteiger partial charge on any atom is -0.383 e. The van der Waals surface area contributed by atoms with Gasteiger partial charge in [0.2, 0.25) is 0 Å². The lowest BCUT2D eigenvalue weighted by atomic mass is 9.87. The van der Waals surface area contributed by atoms with Crippen LogP contribution in [0.3, 0.4) is 0 Å². The van der Waals surface area contributed by atoms with E-state index >= 15 is 0 Å². The molecular formula is C26H26N6O2. The van der Waals surface area contributed by atoms with Gasteiger partial charge in [-0.1, -0.05) is 57.2 Å². The summed E-state index contributed by atoms with van der Waals surface area (Å²) in [6.45, 7) is 7.35. The molecule has 0 N–H and O–H groups in total. The lowest BCUT2D eigenvalue weighted by Crippen LogP contribution is -2.22. The highest BCUT2D eigenvalue weighted by molar-refractivity contribution is 6.04. The lowest BCUT2D eigenvalue weighted by molar-refractivity contribution is 0.186. The summed E-state index contributed by atoms with van der Waals surface area (Å²) >= 11 is 0. The maximum absolute atomic E-state index is 13.3. The number of ether oxygens (including phenoxy) is 1. The van der Waals surface area contributed by atoms with Crippen molar-refractivity contribution in [1.29, 1.82) is 0 Å². The van der Waals surface area contributed by atoms with Crippen molar-refractivity contribution in [2.24, 2.45) is 5.10 Å². The van der Waals surface area contributed by atoms with E-state index in [4.69, 9.17) is 14.7 Å². The fourth-order valence-electron chi connectivity index (χ4n) is 3.91. The molecule has 0 aliphatic carbocycles. The quantitative estimate of drug-likeness (QED) is 0.373. The molecule has 3 aromatic heterocycles. The van der Waals surface area contributed by atoms with Gasteiger partial charge in [0.05, 0.1) is 30.4 Å². The smallest absolute Gasteiger partial charge is 0.265 e. The molecule has 2 aromatic carbocycles. The van der Waals surface area contributed by atoms with Crippen LogP contribution in [-0.4, -0.2) is 44.1 Å². The van der Waals surface area contributed by atoms with E-state index in [2.05, 4.69) is 43.0 Å². The van der Waals surface area contributed by atoms with Gasteiger partial charge in [0.25, 0.3) is 5.56 Å². The van der Waals surface area contributed by atoms with Gasteiger partial charge in [0.1, 0.15) is 17.2 Å². The molecule has 0 aliphatic rings. The van der Waals surface area contributed by atoms with E-state index < -0.39 is 0 Å².